The van der Waals surface area contributed by atoms with Crippen LogP contribution in [0.3, 0.4) is 0 Å². The second kappa shape index (κ2) is 4.38. The van der Waals surface area contributed by atoms with Crippen LogP contribution in [0.4, 0.5) is 0 Å². The number of rotatable bonds is 1. The van der Waals surface area contributed by atoms with Gasteiger partial charge >= 0.3 is 0 Å². The fourth-order valence-electron chi connectivity index (χ4n) is 2.94. The maximum absolute atomic E-state index is 4.20. The maximum atomic E-state index is 4.20. The Balaban J connectivity index is 1.81. The number of allylic oxidation sites excluding steroid dienone is 1. The third kappa shape index (κ3) is 1.90. The second-order valence-corrected chi connectivity index (χ2v) is 4.87. The van der Waals surface area contributed by atoms with E-state index in [0.29, 0.717) is 6.04 Å². The van der Waals surface area contributed by atoms with Gasteiger partial charge in [0.25, 0.3) is 0 Å². The highest BCUT2D eigenvalue weighted by Crippen LogP contribution is 2.34. The molecule has 2 unspecified atom stereocenters. The normalized spacial score (nSPS) is 29.4. The summed E-state index contributed by atoms with van der Waals surface area (Å²) in [6, 6.07) is 4.90. The summed E-state index contributed by atoms with van der Waals surface area (Å²) < 4.78 is 0. The minimum Gasteiger partial charge on any atom is -0.313 e. The smallest absolute Gasteiger partial charge is 0.0342 e. The van der Waals surface area contributed by atoms with E-state index in [2.05, 4.69) is 22.4 Å². The van der Waals surface area contributed by atoms with Crippen LogP contribution in [0, 0.1) is 5.92 Å². The van der Waals surface area contributed by atoms with Gasteiger partial charge in [-0.1, -0.05) is 12.1 Å². The molecule has 3 rings (SSSR count). The van der Waals surface area contributed by atoms with Crippen LogP contribution in [-0.4, -0.2) is 17.6 Å². The van der Waals surface area contributed by atoms with Crippen LogP contribution >= 0.6 is 0 Å². The Bertz CT molecular complexity index is 383. The van der Waals surface area contributed by atoms with Crippen LogP contribution in [0.25, 0.3) is 5.57 Å². The molecule has 1 fully saturated rings. The summed E-state index contributed by atoms with van der Waals surface area (Å²) >= 11 is 0. The van der Waals surface area contributed by atoms with Gasteiger partial charge in [-0.3, -0.25) is 4.98 Å². The molecule has 1 aliphatic heterocycles. The van der Waals surface area contributed by atoms with E-state index >= 15 is 0 Å². The summed E-state index contributed by atoms with van der Waals surface area (Å²) in [5.41, 5.74) is 2.78. The van der Waals surface area contributed by atoms with Crippen molar-refractivity contribution in [2.45, 2.75) is 31.7 Å². The molecule has 1 aromatic heterocycles. The molecule has 0 spiro atoms. The highest BCUT2D eigenvalue weighted by molar-refractivity contribution is 5.66. The van der Waals surface area contributed by atoms with Gasteiger partial charge in [-0.05, 0) is 55.3 Å². The molecule has 1 aromatic rings. The lowest BCUT2D eigenvalue weighted by molar-refractivity contribution is 0.278. The zero-order valence-electron chi connectivity index (χ0n) is 9.52. The first-order valence-electron chi connectivity index (χ1n) is 6.26. The molecular formula is C14H18N2. The molecule has 2 nitrogen and oxygen atoms in total. The van der Waals surface area contributed by atoms with E-state index in [1.807, 2.05) is 18.5 Å². The number of pyridine rings is 1. The van der Waals surface area contributed by atoms with E-state index in [-0.39, 0.29) is 0 Å². The molecule has 2 heterocycles. The monoisotopic (exact) mass is 214 g/mol. The lowest BCUT2D eigenvalue weighted by atomic mass is 9.78. The van der Waals surface area contributed by atoms with Crippen molar-refractivity contribution in [3.63, 3.8) is 0 Å². The minimum absolute atomic E-state index is 0.703. The number of nitrogens with one attached hydrogen (secondary N) is 1. The third-order valence-corrected chi connectivity index (χ3v) is 3.87. The Morgan fingerprint density at radius 3 is 3.25 bits per heavy atom. The van der Waals surface area contributed by atoms with Gasteiger partial charge in [0.1, 0.15) is 0 Å². The van der Waals surface area contributed by atoms with Crippen LogP contribution in [0.2, 0.25) is 0 Å². The van der Waals surface area contributed by atoms with Gasteiger partial charge in [0.2, 0.25) is 0 Å². The molecule has 2 heteroatoms. The average molecular weight is 214 g/mol. The SMILES string of the molecule is C1=C(c2cccnc2)CC2NCCCC2C1. The fraction of sp³-hybridized carbons (Fsp3) is 0.500. The third-order valence-electron chi connectivity index (χ3n) is 3.87. The van der Waals surface area contributed by atoms with E-state index in [0.717, 1.165) is 5.92 Å². The van der Waals surface area contributed by atoms with Gasteiger partial charge in [0.05, 0.1) is 0 Å². The summed E-state index contributed by atoms with van der Waals surface area (Å²) in [6.07, 6.45) is 11.4. The first kappa shape index (κ1) is 10.0. The van der Waals surface area contributed by atoms with Gasteiger partial charge < -0.3 is 5.32 Å². The molecule has 1 N–H and O–H groups in total. The zero-order chi connectivity index (χ0) is 10.8. The predicted molar refractivity (Wildman–Crippen MR) is 66.0 cm³/mol. The van der Waals surface area contributed by atoms with Gasteiger partial charge in [-0.15, -0.1) is 0 Å². The maximum Gasteiger partial charge on any atom is 0.0342 e. The van der Waals surface area contributed by atoms with Crippen LogP contribution in [-0.2, 0) is 0 Å². The second-order valence-electron chi connectivity index (χ2n) is 4.87. The standard InChI is InChI=1S/C14H18N2/c1-4-13(10-15-7-1)12-6-5-11-3-2-8-16-14(11)9-12/h1,4,6-7,10-11,14,16H,2-3,5,8-9H2. The summed E-state index contributed by atoms with van der Waals surface area (Å²) in [6.45, 7) is 1.20. The summed E-state index contributed by atoms with van der Waals surface area (Å²) in [5, 5.41) is 3.66. The van der Waals surface area contributed by atoms with Crippen molar-refractivity contribution in [3.8, 4) is 0 Å². The average Bonchev–Trinajstić information content (AvgIpc) is 2.39. The molecule has 0 bridgehead atoms. The largest absolute Gasteiger partial charge is 0.313 e. The number of aromatic nitrogens is 1. The Morgan fingerprint density at radius 1 is 1.38 bits per heavy atom. The van der Waals surface area contributed by atoms with Crippen LogP contribution in [0.15, 0.2) is 30.6 Å². The Labute approximate surface area is 96.8 Å². The van der Waals surface area contributed by atoms with Crippen molar-refractivity contribution in [1.82, 2.24) is 10.3 Å². The lowest BCUT2D eigenvalue weighted by Crippen LogP contribution is -2.42. The number of hydrogen-bond donors (Lipinski definition) is 1. The molecule has 1 aliphatic carbocycles. The van der Waals surface area contributed by atoms with Gasteiger partial charge in [0, 0.05) is 18.4 Å². The quantitative estimate of drug-likeness (QED) is 0.777. The van der Waals surface area contributed by atoms with Gasteiger partial charge in [-0.25, -0.2) is 0 Å². The number of hydrogen-bond acceptors (Lipinski definition) is 2. The summed E-state index contributed by atoms with van der Waals surface area (Å²) in [4.78, 5) is 4.20. The van der Waals surface area contributed by atoms with Crippen LogP contribution in [0.5, 0.6) is 0 Å². The summed E-state index contributed by atoms with van der Waals surface area (Å²) in [7, 11) is 0. The Hall–Kier alpha value is -1.15. The topological polar surface area (TPSA) is 24.9 Å². The molecule has 2 aliphatic rings. The van der Waals surface area contributed by atoms with Crippen LogP contribution in [0.1, 0.15) is 31.2 Å². The molecule has 84 valence electrons. The molecule has 16 heavy (non-hydrogen) atoms. The molecule has 2 atom stereocenters. The van der Waals surface area contributed by atoms with Crippen molar-refractivity contribution in [3.05, 3.63) is 36.2 Å². The molecule has 0 radical (unpaired) electrons. The Morgan fingerprint density at radius 2 is 2.38 bits per heavy atom. The highest BCUT2D eigenvalue weighted by atomic mass is 14.9. The van der Waals surface area contributed by atoms with E-state index in [1.165, 1.54) is 43.4 Å². The number of nitrogens with zero attached hydrogens (tertiary/aromatic N) is 1. The van der Waals surface area contributed by atoms with Crippen molar-refractivity contribution < 1.29 is 0 Å². The molecule has 1 saturated heterocycles. The first-order chi connectivity index (χ1) is 7.93. The van der Waals surface area contributed by atoms with Crippen molar-refractivity contribution in [2.75, 3.05) is 6.54 Å². The molecular weight excluding hydrogens is 196 g/mol. The highest BCUT2D eigenvalue weighted by Gasteiger charge is 2.28. The van der Waals surface area contributed by atoms with Crippen molar-refractivity contribution >= 4 is 5.57 Å². The van der Waals surface area contributed by atoms with E-state index in [9.17, 15) is 0 Å². The first-order valence-corrected chi connectivity index (χ1v) is 6.26. The van der Waals surface area contributed by atoms with Crippen molar-refractivity contribution in [1.29, 1.82) is 0 Å². The fourth-order valence-corrected chi connectivity index (χ4v) is 2.94. The lowest BCUT2D eigenvalue weighted by Gasteiger charge is -2.36. The molecule has 0 amide bonds. The van der Waals surface area contributed by atoms with E-state index in [4.69, 9.17) is 0 Å². The zero-order valence-corrected chi connectivity index (χ0v) is 9.52. The molecule has 0 aromatic carbocycles. The number of piperidine rings is 1. The minimum atomic E-state index is 0.703. The predicted octanol–water partition coefficient (Wildman–Crippen LogP) is 2.63. The summed E-state index contributed by atoms with van der Waals surface area (Å²) in [5.74, 6) is 0.870. The molecule has 0 saturated carbocycles. The van der Waals surface area contributed by atoms with Gasteiger partial charge in [0.15, 0.2) is 0 Å². The van der Waals surface area contributed by atoms with Crippen molar-refractivity contribution in [2.24, 2.45) is 5.92 Å². The number of fused-ring (bicyclic) bond motifs is 1. The van der Waals surface area contributed by atoms with Gasteiger partial charge in [-0.2, -0.15) is 0 Å². The Kier molecular flexibility index (Phi) is 2.75. The van der Waals surface area contributed by atoms with Crippen LogP contribution < -0.4 is 5.32 Å². The van der Waals surface area contributed by atoms with E-state index in [1.54, 1.807) is 0 Å². The van der Waals surface area contributed by atoms with E-state index < -0.39 is 0 Å².